The van der Waals surface area contributed by atoms with Crippen LogP contribution >= 0.6 is 0 Å². The zero-order valence-corrected chi connectivity index (χ0v) is 13.7. The molecule has 7 heteroatoms. The molecule has 3 rings (SSSR count). The van der Waals surface area contributed by atoms with Crippen molar-refractivity contribution in [1.82, 2.24) is 15.1 Å². The van der Waals surface area contributed by atoms with Crippen molar-refractivity contribution >= 4 is 5.91 Å². The fourth-order valence-corrected chi connectivity index (χ4v) is 2.58. The standard InChI is InChI=1S/C19H16F3N3O/c20-19(21,22)17-5-2-1-4-16(17)18(26)23-12-10-14-6-8-15(9-7-14)25-13-3-11-24-25/h1-9,11,13H,10,12H2,(H,23,26). The van der Waals surface area contributed by atoms with Gasteiger partial charge in [0.15, 0.2) is 0 Å². The first-order valence-electron chi connectivity index (χ1n) is 7.98. The van der Waals surface area contributed by atoms with Crippen LogP contribution in [0.2, 0.25) is 0 Å². The molecule has 0 radical (unpaired) electrons. The van der Waals surface area contributed by atoms with Gasteiger partial charge in [0.25, 0.3) is 5.91 Å². The summed E-state index contributed by atoms with van der Waals surface area (Å²) in [5.41, 5.74) is 0.572. The van der Waals surface area contributed by atoms with Gasteiger partial charge in [0.05, 0.1) is 16.8 Å². The normalized spacial score (nSPS) is 11.3. The Morgan fingerprint density at radius 2 is 1.77 bits per heavy atom. The summed E-state index contributed by atoms with van der Waals surface area (Å²) >= 11 is 0. The van der Waals surface area contributed by atoms with Gasteiger partial charge in [-0.2, -0.15) is 18.3 Å². The molecule has 2 aromatic carbocycles. The van der Waals surface area contributed by atoms with Gasteiger partial charge in [-0.1, -0.05) is 24.3 Å². The van der Waals surface area contributed by atoms with E-state index in [1.165, 1.54) is 18.2 Å². The highest BCUT2D eigenvalue weighted by Crippen LogP contribution is 2.31. The monoisotopic (exact) mass is 359 g/mol. The molecule has 0 bridgehead atoms. The minimum absolute atomic E-state index is 0.242. The van der Waals surface area contributed by atoms with E-state index in [4.69, 9.17) is 0 Å². The third-order valence-corrected chi connectivity index (χ3v) is 3.88. The summed E-state index contributed by atoms with van der Waals surface area (Å²) in [6.45, 7) is 0.242. The van der Waals surface area contributed by atoms with Gasteiger partial charge >= 0.3 is 6.18 Å². The molecule has 1 N–H and O–H groups in total. The lowest BCUT2D eigenvalue weighted by Crippen LogP contribution is -2.28. The minimum atomic E-state index is -4.56. The van der Waals surface area contributed by atoms with Gasteiger partial charge in [0, 0.05) is 18.9 Å². The summed E-state index contributed by atoms with van der Waals surface area (Å²) in [5.74, 6) is -0.730. The molecular formula is C19H16F3N3O. The van der Waals surface area contributed by atoms with Crippen LogP contribution in [0, 0.1) is 0 Å². The molecule has 0 aliphatic rings. The maximum absolute atomic E-state index is 13.0. The molecule has 0 unspecified atom stereocenters. The van der Waals surface area contributed by atoms with E-state index in [1.54, 1.807) is 10.9 Å². The predicted octanol–water partition coefficient (Wildman–Crippen LogP) is 3.86. The minimum Gasteiger partial charge on any atom is -0.352 e. The number of amides is 1. The number of nitrogens with zero attached hydrogens (tertiary/aromatic N) is 2. The Labute approximate surface area is 148 Å². The number of hydrogen-bond acceptors (Lipinski definition) is 2. The van der Waals surface area contributed by atoms with Gasteiger partial charge in [-0.25, -0.2) is 4.68 Å². The van der Waals surface area contributed by atoms with E-state index in [9.17, 15) is 18.0 Å². The first kappa shape index (κ1) is 17.7. The third kappa shape index (κ3) is 4.11. The van der Waals surface area contributed by atoms with E-state index in [2.05, 4.69) is 10.4 Å². The number of benzene rings is 2. The van der Waals surface area contributed by atoms with Crippen molar-refractivity contribution in [2.24, 2.45) is 0 Å². The smallest absolute Gasteiger partial charge is 0.352 e. The Hall–Kier alpha value is -3.09. The van der Waals surface area contributed by atoms with Crippen molar-refractivity contribution < 1.29 is 18.0 Å². The second kappa shape index (κ2) is 7.43. The molecule has 0 fully saturated rings. The number of hydrogen-bond donors (Lipinski definition) is 1. The van der Waals surface area contributed by atoms with E-state index < -0.39 is 17.6 Å². The average molecular weight is 359 g/mol. The Bertz CT molecular complexity index is 872. The lowest BCUT2D eigenvalue weighted by atomic mass is 10.1. The molecule has 1 aromatic heterocycles. The lowest BCUT2D eigenvalue weighted by Gasteiger charge is -2.12. The number of alkyl halides is 3. The summed E-state index contributed by atoms with van der Waals surface area (Å²) < 4.78 is 40.6. The highest BCUT2D eigenvalue weighted by molar-refractivity contribution is 5.95. The van der Waals surface area contributed by atoms with Crippen molar-refractivity contribution in [1.29, 1.82) is 0 Å². The van der Waals surface area contributed by atoms with E-state index in [1.807, 2.05) is 36.5 Å². The molecule has 134 valence electrons. The van der Waals surface area contributed by atoms with E-state index in [0.717, 1.165) is 17.3 Å². The van der Waals surface area contributed by atoms with Gasteiger partial charge in [0.2, 0.25) is 0 Å². The van der Waals surface area contributed by atoms with Gasteiger partial charge in [-0.15, -0.1) is 0 Å². The number of carbonyl (C=O) groups excluding carboxylic acids is 1. The van der Waals surface area contributed by atoms with Crippen LogP contribution in [0.15, 0.2) is 67.0 Å². The largest absolute Gasteiger partial charge is 0.417 e. The van der Waals surface area contributed by atoms with E-state index in [0.29, 0.717) is 6.42 Å². The summed E-state index contributed by atoms with van der Waals surface area (Å²) in [6, 6.07) is 14.2. The number of halogens is 3. The molecular weight excluding hydrogens is 343 g/mol. The molecule has 0 atom stereocenters. The van der Waals surface area contributed by atoms with Gasteiger partial charge in [-0.05, 0) is 42.3 Å². The van der Waals surface area contributed by atoms with E-state index in [-0.39, 0.29) is 12.1 Å². The van der Waals surface area contributed by atoms with Crippen molar-refractivity contribution in [3.63, 3.8) is 0 Å². The quantitative estimate of drug-likeness (QED) is 0.752. The topological polar surface area (TPSA) is 46.9 Å². The van der Waals surface area contributed by atoms with Crippen LogP contribution in [-0.2, 0) is 12.6 Å². The van der Waals surface area contributed by atoms with Gasteiger partial charge in [0.1, 0.15) is 0 Å². The van der Waals surface area contributed by atoms with E-state index >= 15 is 0 Å². The predicted molar refractivity (Wildman–Crippen MR) is 91.0 cm³/mol. The molecule has 0 saturated carbocycles. The van der Waals surface area contributed by atoms with Crippen LogP contribution in [0.25, 0.3) is 5.69 Å². The molecule has 0 aliphatic carbocycles. The maximum Gasteiger partial charge on any atom is 0.417 e. The Balaban J connectivity index is 1.59. The number of nitrogens with one attached hydrogen (secondary N) is 1. The Morgan fingerprint density at radius 1 is 1.04 bits per heavy atom. The molecule has 3 aromatic rings. The van der Waals surface area contributed by atoms with Crippen LogP contribution < -0.4 is 5.32 Å². The summed E-state index contributed by atoms with van der Waals surface area (Å²) in [7, 11) is 0. The second-order valence-electron chi connectivity index (χ2n) is 5.67. The van der Waals surface area contributed by atoms with Crippen LogP contribution in [-0.4, -0.2) is 22.2 Å². The SMILES string of the molecule is O=C(NCCc1ccc(-n2cccn2)cc1)c1ccccc1C(F)(F)F. The first-order valence-corrected chi connectivity index (χ1v) is 7.98. The highest BCUT2D eigenvalue weighted by Gasteiger charge is 2.34. The fourth-order valence-electron chi connectivity index (χ4n) is 2.58. The highest BCUT2D eigenvalue weighted by atomic mass is 19.4. The van der Waals surface area contributed by atoms with Crippen LogP contribution in [0.5, 0.6) is 0 Å². The van der Waals surface area contributed by atoms with Crippen LogP contribution in [0.3, 0.4) is 0 Å². The van der Waals surface area contributed by atoms with Gasteiger partial charge in [-0.3, -0.25) is 4.79 Å². The molecule has 4 nitrogen and oxygen atoms in total. The summed E-state index contributed by atoms with van der Waals surface area (Å²) in [5, 5.41) is 6.68. The van der Waals surface area contributed by atoms with Crippen LogP contribution in [0.1, 0.15) is 21.5 Å². The number of rotatable bonds is 5. The van der Waals surface area contributed by atoms with Crippen LogP contribution in [0.4, 0.5) is 13.2 Å². The average Bonchev–Trinajstić information content (AvgIpc) is 3.16. The van der Waals surface area contributed by atoms with Crippen molar-refractivity contribution in [2.45, 2.75) is 12.6 Å². The molecule has 0 saturated heterocycles. The lowest BCUT2D eigenvalue weighted by molar-refractivity contribution is -0.137. The van der Waals surface area contributed by atoms with Crippen molar-refractivity contribution in [2.75, 3.05) is 6.54 Å². The number of carbonyl (C=O) groups is 1. The zero-order chi connectivity index (χ0) is 18.6. The van der Waals surface area contributed by atoms with Crippen molar-refractivity contribution in [3.8, 4) is 5.69 Å². The van der Waals surface area contributed by atoms with Gasteiger partial charge < -0.3 is 5.32 Å². The zero-order valence-electron chi connectivity index (χ0n) is 13.7. The first-order chi connectivity index (χ1) is 12.4. The molecule has 0 aliphatic heterocycles. The molecule has 0 spiro atoms. The molecule has 1 amide bonds. The van der Waals surface area contributed by atoms with Crippen molar-refractivity contribution in [3.05, 3.63) is 83.7 Å². The Kier molecular flexibility index (Phi) is 5.06. The fraction of sp³-hybridized carbons (Fsp3) is 0.158. The Morgan fingerprint density at radius 3 is 2.42 bits per heavy atom. The molecule has 1 heterocycles. The second-order valence-corrected chi connectivity index (χ2v) is 5.67. The number of aromatic nitrogens is 2. The summed E-state index contributed by atoms with van der Waals surface area (Å²) in [6.07, 6.45) is -0.537. The maximum atomic E-state index is 13.0. The molecule has 26 heavy (non-hydrogen) atoms. The summed E-state index contributed by atoms with van der Waals surface area (Å²) in [4.78, 5) is 12.1. The third-order valence-electron chi connectivity index (χ3n) is 3.88.